The lowest BCUT2D eigenvalue weighted by molar-refractivity contribution is -0.121. The minimum Gasteiger partial charge on any atom is -0.355 e. The van der Waals surface area contributed by atoms with Crippen molar-refractivity contribution in [1.29, 1.82) is 0 Å². The summed E-state index contributed by atoms with van der Waals surface area (Å²) in [4.78, 5) is 28.2. The zero-order chi connectivity index (χ0) is 15.8. The normalized spacial score (nSPS) is 10.8. The maximum atomic E-state index is 12.3. The minimum absolute atomic E-state index is 0.0571. The van der Waals surface area contributed by atoms with Crippen LogP contribution in [0.25, 0.3) is 10.9 Å². The van der Waals surface area contributed by atoms with Crippen LogP contribution in [0.1, 0.15) is 19.8 Å². The highest BCUT2D eigenvalue weighted by Gasteiger charge is 2.05. The Hall–Kier alpha value is -2.21. The lowest BCUT2D eigenvalue weighted by Gasteiger charge is -2.08. The van der Waals surface area contributed by atoms with Crippen molar-refractivity contribution in [3.8, 4) is 0 Å². The van der Waals surface area contributed by atoms with E-state index in [0.717, 1.165) is 19.5 Å². The van der Waals surface area contributed by atoms with Crippen LogP contribution in [0.5, 0.6) is 0 Å². The molecule has 0 fully saturated rings. The van der Waals surface area contributed by atoms with Crippen LogP contribution in [0.3, 0.4) is 0 Å². The van der Waals surface area contributed by atoms with Gasteiger partial charge in [-0.25, -0.2) is 4.98 Å². The number of nitrogens with zero attached hydrogens (tertiary/aromatic N) is 2. The first-order valence-corrected chi connectivity index (χ1v) is 7.64. The van der Waals surface area contributed by atoms with Gasteiger partial charge in [-0.05, 0) is 25.1 Å². The number of carbonyl (C=O) groups excluding carboxylic acids is 1. The summed E-state index contributed by atoms with van der Waals surface area (Å²) in [7, 11) is 0. The summed E-state index contributed by atoms with van der Waals surface area (Å²) in [6, 6.07) is 7.21. The summed E-state index contributed by atoms with van der Waals surface area (Å²) in [5, 5.41) is 6.62. The summed E-state index contributed by atoms with van der Waals surface area (Å²) < 4.78 is 1.48. The quantitative estimate of drug-likeness (QED) is 0.711. The van der Waals surface area contributed by atoms with Crippen LogP contribution in [0.15, 0.2) is 35.4 Å². The van der Waals surface area contributed by atoms with Gasteiger partial charge in [-0.2, -0.15) is 0 Å². The Morgan fingerprint density at radius 1 is 1.23 bits per heavy atom. The molecule has 1 amide bonds. The smallest absolute Gasteiger partial charge is 0.261 e. The standard InChI is InChI=1S/C16H22N4O2/c1-2-8-17-9-10-18-15(21)7-11-20-12-19-14-6-4-3-5-13(14)16(20)22/h3-6,12,17H,2,7-11H2,1H3,(H,18,21). The van der Waals surface area contributed by atoms with Gasteiger partial charge < -0.3 is 10.6 Å². The molecule has 118 valence electrons. The lowest BCUT2D eigenvalue weighted by atomic mass is 10.2. The van der Waals surface area contributed by atoms with Crippen molar-refractivity contribution in [2.24, 2.45) is 0 Å². The summed E-state index contributed by atoms with van der Waals surface area (Å²) in [5.41, 5.74) is 0.568. The van der Waals surface area contributed by atoms with Crippen molar-refractivity contribution < 1.29 is 4.79 Å². The number of para-hydroxylation sites is 1. The highest BCUT2D eigenvalue weighted by atomic mass is 16.1. The average molecular weight is 302 g/mol. The Kier molecular flexibility index (Phi) is 6.09. The summed E-state index contributed by atoms with van der Waals surface area (Å²) >= 11 is 0. The molecule has 1 heterocycles. The van der Waals surface area contributed by atoms with Crippen LogP contribution >= 0.6 is 0 Å². The van der Waals surface area contributed by atoms with E-state index in [4.69, 9.17) is 0 Å². The molecule has 2 aromatic rings. The van der Waals surface area contributed by atoms with Gasteiger partial charge in [0.05, 0.1) is 17.2 Å². The summed E-state index contributed by atoms with van der Waals surface area (Å²) in [5.74, 6) is -0.0571. The molecule has 0 spiro atoms. The predicted molar refractivity (Wildman–Crippen MR) is 86.8 cm³/mol. The van der Waals surface area contributed by atoms with Crippen molar-refractivity contribution in [3.63, 3.8) is 0 Å². The molecule has 0 aliphatic rings. The zero-order valence-corrected chi connectivity index (χ0v) is 12.8. The van der Waals surface area contributed by atoms with Crippen LogP contribution in [-0.4, -0.2) is 35.1 Å². The van der Waals surface area contributed by atoms with E-state index in [1.54, 1.807) is 12.1 Å². The van der Waals surface area contributed by atoms with Gasteiger partial charge in [-0.15, -0.1) is 0 Å². The molecule has 0 aliphatic heterocycles. The van der Waals surface area contributed by atoms with Gasteiger partial charge in [0.1, 0.15) is 0 Å². The number of carbonyl (C=O) groups is 1. The molecular formula is C16H22N4O2. The Morgan fingerprint density at radius 2 is 2.05 bits per heavy atom. The van der Waals surface area contributed by atoms with E-state index in [-0.39, 0.29) is 17.9 Å². The van der Waals surface area contributed by atoms with Crippen molar-refractivity contribution in [1.82, 2.24) is 20.2 Å². The van der Waals surface area contributed by atoms with E-state index >= 15 is 0 Å². The molecular weight excluding hydrogens is 280 g/mol. The van der Waals surface area contributed by atoms with Gasteiger partial charge >= 0.3 is 0 Å². The molecule has 2 rings (SSSR count). The minimum atomic E-state index is -0.108. The topological polar surface area (TPSA) is 76.0 Å². The molecule has 0 bridgehead atoms. The molecule has 6 nitrogen and oxygen atoms in total. The molecule has 0 radical (unpaired) electrons. The molecule has 0 atom stereocenters. The maximum absolute atomic E-state index is 12.3. The molecule has 2 N–H and O–H groups in total. The van der Waals surface area contributed by atoms with E-state index < -0.39 is 0 Å². The first kappa shape index (κ1) is 16.2. The van der Waals surface area contributed by atoms with E-state index in [0.29, 0.717) is 24.0 Å². The van der Waals surface area contributed by atoms with Gasteiger partial charge in [0, 0.05) is 26.1 Å². The largest absolute Gasteiger partial charge is 0.355 e. The van der Waals surface area contributed by atoms with Crippen LogP contribution < -0.4 is 16.2 Å². The number of benzene rings is 1. The highest BCUT2D eigenvalue weighted by Crippen LogP contribution is 2.04. The Labute approximate surface area is 129 Å². The number of amides is 1. The number of nitrogens with one attached hydrogen (secondary N) is 2. The molecule has 22 heavy (non-hydrogen) atoms. The fourth-order valence-electron chi connectivity index (χ4n) is 2.17. The number of fused-ring (bicyclic) bond motifs is 1. The van der Waals surface area contributed by atoms with E-state index in [9.17, 15) is 9.59 Å². The SMILES string of the molecule is CCCNCCNC(=O)CCn1cnc2ccccc2c1=O. The molecule has 1 aromatic carbocycles. The number of aryl methyl sites for hydroxylation is 1. The average Bonchev–Trinajstić information content (AvgIpc) is 2.54. The predicted octanol–water partition coefficient (Wildman–Crippen LogP) is 0.902. The van der Waals surface area contributed by atoms with Crippen LogP contribution in [0.4, 0.5) is 0 Å². The molecule has 0 saturated carbocycles. The van der Waals surface area contributed by atoms with Gasteiger partial charge in [0.15, 0.2) is 0 Å². The first-order valence-electron chi connectivity index (χ1n) is 7.64. The molecule has 0 aliphatic carbocycles. The second kappa shape index (κ2) is 8.29. The van der Waals surface area contributed by atoms with Crippen molar-refractivity contribution in [2.45, 2.75) is 26.3 Å². The zero-order valence-electron chi connectivity index (χ0n) is 12.8. The van der Waals surface area contributed by atoms with E-state index in [1.807, 2.05) is 12.1 Å². The van der Waals surface area contributed by atoms with Crippen LogP contribution in [0, 0.1) is 0 Å². The number of aromatic nitrogens is 2. The highest BCUT2D eigenvalue weighted by molar-refractivity contribution is 5.77. The molecule has 1 aromatic heterocycles. The fourth-order valence-corrected chi connectivity index (χ4v) is 2.17. The number of rotatable bonds is 8. The molecule has 6 heteroatoms. The van der Waals surface area contributed by atoms with Crippen LogP contribution in [-0.2, 0) is 11.3 Å². The van der Waals surface area contributed by atoms with Crippen molar-refractivity contribution >= 4 is 16.8 Å². The lowest BCUT2D eigenvalue weighted by Crippen LogP contribution is -2.33. The Balaban J connectivity index is 1.85. The molecule has 0 unspecified atom stereocenters. The van der Waals surface area contributed by atoms with Gasteiger partial charge in [0.2, 0.25) is 5.91 Å². The van der Waals surface area contributed by atoms with Gasteiger partial charge in [-0.1, -0.05) is 19.1 Å². The maximum Gasteiger partial charge on any atom is 0.261 e. The monoisotopic (exact) mass is 302 g/mol. The Morgan fingerprint density at radius 3 is 2.86 bits per heavy atom. The summed E-state index contributed by atoms with van der Waals surface area (Å²) in [6.07, 6.45) is 2.85. The Bertz CT molecular complexity index is 681. The van der Waals surface area contributed by atoms with Crippen molar-refractivity contribution in [3.05, 3.63) is 40.9 Å². The first-order chi connectivity index (χ1) is 10.7. The van der Waals surface area contributed by atoms with Crippen molar-refractivity contribution in [2.75, 3.05) is 19.6 Å². The number of hydrogen-bond acceptors (Lipinski definition) is 4. The summed E-state index contributed by atoms with van der Waals surface area (Å²) in [6.45, 7) is 4.75. The third kappa shape index (κ3) is 4.39. The van der Waals surface area contributed by atoms with Gasteiger partial charge in [-0.3, -0.25) is 14.2 Å². The van der Waals surface area contributed by atoms with E-state index in [1.165, 1.54) is 10.9 Å². The second-order valence-corrected chi connectivity index (χ2v) is 5.11. The fraction of sp³-hybridized carbons (Fsp3) is 0.438. The van der Waals surface area contributed by atoms with E-state index in [2.05, 4.69) is 22.5 Å². The molecule has 0 saturated heterocycles. The number of hydrogen-bond donors (Lipinski definition) is 2. The third-order valence-corrected chi connectivity index (χ3v) is 3.36. The van der Waals surface area contributed by atoms with Crippen LogP contribution in [0.2, 0.25) is 0 Å². The van der Waals surface area contributed by atoms with Gasteiger partial charge in [0.25, 0.3) is 5.56 Å². The third-order valence-electron chi connectivity index (χ3n) is 3.36. The second-order valence-electron chi connectivity index (χ2n) is 5.11.